The zero-order chi connectivity index (χ0) is 11.3. The van der Waals surface area contributed by atoms with Crippen molar-refractivity contribution in [2.75, 3.05) is 6.61 Å². The Hall–Kier alpha value is -0.210. The van der Waals surface area contributed by atoms with Crippen molar-refractivity contribution in [2.24, 2.45) is 5.41 Å². The number of hydrogen-bond donors (Lipinski definition) is 4. The molecule has 0 aromatic rings. The molecule has 0 aliphatic heterocycles. The molecular formula is C6H16O6S. The molecule has 0 rings (SSSR count). The summed E-state index contributed by atoms with van der Waals surface area (Å²) in [6, 6.07) is 0. The third-order valence-corrected chi connectivity index (χ3v) is 1.17. The molecule has 0 aromatic heterocycles. The second-order valence-corrected chi connectivity index (χ2v) is 4.41. The highest BCUT2D eigenvalue weighted by molar-refractivity contribution is 7.79. The molecule has 82 valence electrons. The fourth-order valence-electron chi connectivity index (χ4n) is 0.274. The molecule has 6 nitrogen and oxygen atoms in total. The molecule has 4 N–H and O–H groups in total. The van der Waals surface area contributed by atoms with Crippen LogP contribution in [0.3, 0.4) is 0 Å². The van der Waals surface area contributed by atoms with Crippen LogP contribution in [0.5, 0.6) is 0 Å². The molecule has 0 saturated carbocycles. The van der Waals surface area contributed by atoms with E-state index in [1.54, 1.807) is 0 Å². The zero-order valence-electron chi connectivity index (χ0n) is 7.80. The van der Waals surface area contributed by atoms with Gasteiger partial charge in [-0.25, -0.2) is 0 Å². The fourth-order valence-corrected chi connectivity index (χ4v) is 0.274. The Kier molecular flexibility index (Phi) is 6.47. The maximum atomic E-state index is 8.94. The van der Waals surface area contributed by atoms with Crippen molar-refractivity contribution < 1.29 is 27.7 Å². The molecule has 0 amide bonds. The lowest BCUT2D eigenvalue weighted by molar-refractivity contribution is 0.0133. The zero-order valence-corrected chi connectivity index (χ0v) is 8.61. The summed E-state index contributed by atoms with van der Waals surface area (Å²) in [6.07, 6.45) is -0.595. The average molecular weight is 216 g/mol. The number of aliphatic hydroxyl groups excluding tert-OH is 2. The van der Waals surface area contributed by atoms with Gasteiger partial charge in [-0.15, -0.1) is 0 Å². The van der Waals surface area contributed by atoms with E-state index in [9.17, 15) is 0 Å². The molecule has 1 atom stereocenters. The van der Waals surface area contributed by atoms with Gasteiger partial charge in [0.15, 0.2) is 0 Å². The van der Waals surface area contributed by atoms with Gasteiger partial charge in [0.05, 0.1) is 12.7 Å². The Labute approximate surface area is 77.8 Å². The highest BCUT2D eigenvalue weighted by atomic mass is 32.3. The molecule has 0 saturated heterocycles. The summed E-state index contributed by atoms with van der Waals surface area (Å²) in [4.78, 5) is 0. The van der Waals surface area contributed by atoms with Crippen molar-refractivity contribution in [2.45, 2.75) is 26.9 Å². The van der Waals surface area contributed by atoms with Gasteiger partial charge in [-0.1, -0.05) is 20.8 Å². The quantitative estimate of drug-likeness (QED) is 0.449. The third kappa shape index (κ3) is 18.6. The van der Waals surface area contributed by atoms with Gasteiger partial charge in [-0.05, 0) is 5.41 Å². The van der Waals surface area contributed by atoms with Gasteiger partial charge in [-0.2, -0.15) is 8.42 Å². The SMILES string of the molecule is CC(C)(C)C(O)CO.O=S(=O)(O)O. The molecule has 0 fully saturated rings. The standard InChI is InChI=1S/C6H14O2.H2O4S/c1-6(2,3)5(8)4-7;1-5(2,3)4/h5,7-8H,4H2,1-3H3;(H2,1,2,3,4). The molecule has 0 heterocycles. The minimum Gasteiger partial charge on any atom is -0.394 e. The van der Waals surface area contributed by atoms with Crippen LogP contribution in [0.1, 0.15) is 20.8 Å². The maximum Gasteiger partial charge on any atom is 0.394 e. The van der Waals surface area contributed by atoms with Gasteiger partial charge in [0.2, 0.25) is 0 Å². The second-order valence-electron chi connectivity index (χ2n) is 3.51. The topological polar surface area (TPSA) is 115 Å². The van der Waals surface area contributed by atoms with E-state index in [2.05, 4.69) is 0 Å². The minimum absolute atomic E-state index is 0.149. The fraction of sp³-hybridized carbons (Fsp3) is 1.00. The highest BCUT2D eigenvalue weighted by Crippen LogP contribution is 2.17. The third-order valence-electron chi connectivity index (χ3n) is 1.17. The first-order chi connectivity index (χ1) is 5.48. The van der Waals surface area contributed by atoms with Gasteiger partial charge in [0, 0.05) is 0 Å². The number of hydrogen-bond acceptors (Lipinski definition) is 4. The summed E-state index contributed by atoms with van der Waals surface area (Å²) < 4.78 is 31.6. The summed E-state index contributed by atoms with van der Waals surface area (Å²) in [6.45, 7) is 5.50. The van der Waals surface area contributed by atoms with Crippen LogP contribution in [0, 0.1) is 5.41 Å². The smallest absolute Gasteiger partial charge is 0.394 e. The predicted molar refractivity (Wildman–Crippen MR) is 46.7 cm³/mol. The van der Waals surface area contributed by atoms with Crippen LogP contribution < -0.4 is 0 Å². The van der Waals surface area contributed by atoms with Gasteiger partial charge < -0.3 is 10.2 Å². The van der Waals surface area contributed by atoms with Crippen LogP contribution in [-0.2, 0) is 10.4 Å². The molecule has 0 bridgehead atoms. The maximum absolute atomic E-state index is 8.94. The van der Waals surface area contributed by atoms with Gasteiger partial charge in [0.1, 0.15) is 0 Å². The monoisotopic (exact) mass is 216 g/mol. The Balaban J connectivity index is 0. The molecule has 0 spiro atoms. The van der Waals surface area contributed by atoms with Crippen LogP contribution in [0.2, 0.25) is 0 Å². The van der Waals surface area contributed by atoms with E-state index < -0.39 is 16.5 Å². The first kappa shape index (κ1) is 15.3. The van der Waals surface area contributed by atoms with E-state index in [0.717, 1.165) is 0 Å². The van der Waals surface area contributed by atoms with Crippen LogP contribution in [0.25, 0.3) is 0 Å². The highest BCUT2D eigenvalue weighted by Gasteiger charge is 2.20. The summed E-state index contributed by atoms with van der Waals surface area (Å²) in [5.74, 6) is 0. The van der Waals surface area contributed by atoms with Crippen LogP contribution in [-0.4, -0.2) is 40.4 Å². The lowest BCUT2D eigenvalue weighted by Crippen LogP contribution is -2.29. The van der Waals surface area contributed by atoms with Crippen molar-refractivity contribution >= 4 is 10.4 Å². The summed E-state index contributed by atoms with van der Waals surface area (Å²) >= 11 is 0. The van der Waals surface area contributed by atoms with Gasteiger partial charge in [-0.3, -0.25) is 9.11 Å². The van der Waals surface area contributed by atoms with E-state index in [-0.39, 0.29) is 12.0 Å². The lowest BCUT2D eigenvalue weighted by Gasteiger charge is -2.23. The summed E-state index contributed by atoms with van der Waals surface area (Å²) in [5.41, 5.74) is -0.186. The van der Waals surface area contributed by atoms with Crippen molar-refractivity contribution in [3.8, 4) is 0 Å². The molecular weight excluding hydrogens is 200 g/mol. The number of rotatable bonds is 1. The van der Waals surface area contributed by atoms with Crippen molar-refractivity contribution in [3.63, 3.8) is 0 Å². The molecule has 1 unspecified atom stereocenters. The average Bonchev–Trinajstić information content (AvgIpc) is 1.80. The van der Waals surface area contributed by atoms with E-state index in [0.29, 0.717) is 0 Å². The summed E-state index contributed by atoms with van der Waals surface area (Å²) in [7, 11) is -4.67. The Morgan fingerprint density at radius 1 is 1.23 bits per heavy atom. The predicted octanol–water partition coefficient (Wildman–Crippen LogP) is -0.267. The summed E-state index contributed by atoms with van der Waals surface area (Å²) in [5, 5.41) is 17.4. The van der Waals surface area contributed by atoms with E-state index >= 15 is 0 Å². The first-order valence-electron chi connectivity index (χ1n) is 3.47. The van der Waals surface area contributed by atoms with E-state index in [1.807, 2.05) is 20.8 Å². The van der Waals surface area contributed by atoms with Crippen LogP contribution >= 0.6 is 0 Å². The van der Waals surface area contributed by atoms with Crippen LogP contribution in [0.15, 0.2) is 0 Å². The van der Waals surface area contributed by atoms with Gasteiger partial charge in [0.25, 0.3) is 0 Å². The largest absolute Gasteiger partial charge is 0.394 e. The Bertz CT molecular complexity index is 206. The molecule has 13 heavy (non-hydrogen) atoms. The van der Waals surface area contributed by atoms with Crippen LogP contribution in [0.4, 0.5) is 0 Å². The lowest BCUT2D eigenvalue weighted by atomic mass is 9.90. The van der Waals surface area contributed by atoms with E-state index in [4.69, 9.17) is 27.7 Å². The minimum atomic E-state index is -4.67. The molecule has 0 aliphatic carbocycles. The molecule has 0 aliphatic rings. The molecule has 7 heteroatoms. The van der Waals surface area contributed by atoms with Crippen molar-refractivity contribution in [3.05, 3.63) is 0 Å². The van der Waals surface area contributed by atoms with Crippen molar-refractivity contribution in [1.82, 2.24) is 0 Å². The second kappa shape index (κ2) is 5.51. The molecule has 0 aromatic carbocycles. The normalized spacial score (nSPS) is 14.4. The molecule has 0 radical (unpaired) electrons. The van der Waals surface area contributed by atoms with E-state index in [1.165, 1.54) is 0 Å². The van der Waals surface area contributed by atoms with Crippen molar-refractivity contribution in [1.29, 1.82) is 0 Å². The van der Waals surface area contributed by atoms with Gasteiger partial charge >= 0.3 is 10.4 Å². The Morgan fingerprint density at radius 2 is 1.46 bits per heavy atom. The first-order valence-corrected chi connectivity index (χ1v) is 4.87. The number of aliphatic hydroxyl groups is 2. The Morgan fingerprint density at radius 3 is 1.46 bits per heavy atom.